The molecule has 0 saturated carbocycles. The Bertz CT molecular complexity index is 1290. The maximum absolute atomic E-state index is 13.4. The van der Waals surface area contributed by atoms with Crippen LogP contribution in [0.4, 0.5) is 0 Å². The Balaban J connectivity index is 1.60. The molecule has 0 N–H and O–H groups in total. The minimum absolute atomic E-state index is 0.0485. The zero-order valence-corrected chi connectivity index (χ0v) is 20.8. The molecule has 2 heterocycles. The first-order valence-electron chi connectivity index (χ1n) is 11.5. The van der Waals surface area contributed by atoms with E-state index in [4.69, 9.17) is 4.74 Å². The largest absolute Gasteiger partial charge is 0.488 e. The molecule has 0 unspecified atom stereocenters. The van der Waals surface area contributed by atoms with Crippen LogP contribution in [0.15, 0.2) is 67.0 Å². The number of aromatic nitrogens is 2. The van der Waals surface area contributed by atoms with Crippen LogP contribution in [0.1, 0.15) is 57.6 Å². The molecule has 33 heavy (non-hydrogen) atoms. The third-order valence-electron chi connectivity index (χ3n) is 5.55. The molecule has 4 aromatic rings. The van der Waals surface area contributed by atoms with Gasteiger partial charge in [0.2, 0.25) is 0 Å². The van der Waals surface area contributed by atoms with Gasteiger partial charge in [-0.3, -0.25) is 9.36 Å². The highest BCUT2D eigenvalue weighted by Gasteiger charge is 2.18. The molecule has 2 aromatic carbocycles. The maximum atomic E-state index is 13.4. The lowest BCUT2D eigenvalue weighted by atomic mass is 9.88. The molecule has 0 aliphatic heterocycles. The standard InChI is InChI=1S/C29H34N2O2/c1-28(2,3)18-20-8-10-21(11-9-20)23-17-26(30(7)19-23)27(32)31-15-14-22-16-24(12-13-25(22)31)33-29(4,5)6/h8-17,19H,18H2,1-7H3. The second-order valence-corrected chi connectivity index (χ2v) is 11.1. The first-order chi connectivity index (χ1) is 15.4. The minimum Gasteiger partial charge on any atom is -0.488 e. The number of aryl methyl sites for hydroxylation is 1. The van der Waals surface area contributed by atoms with E-state index >= 15 is 0 Å². The summed E-state index contributed by atoms with van der Waals surface area (Å²) in [5, 5.41) is 0.981. The third kappa shape index (κ3) is 5.22. The van der Waals surface area contributed by atoms with E-state index in [0.717, 1.165) is 34.2 Å². The van der Waals surface area contributed by atoms with Gasteiger partial charge in [-0.2, -0.15) is 0 Å². The second kappa shape index (κ2) is 8.26. The molecular weight excluding hydrogens is 408 g/mol. The number of carbonyl (C=O) groups is 1. The van der Waals surface area contributed by atoms with Crippen molar-refractivity contribution in [1.29, 1.82) is 0 Å². The van der Waals surface area contributed by atoms with E-state index in [1.54, 1.807) is 4.57 Å². The molecule has 0 bridgehead atoms. The van der Waals surface area contributed by atoms with Gasteiger partial charge in [-0.05, 0) is 74.1 Å². The molecule has 0 aliphatic rings. The van der Waals surface area contributed by atoms with Crippen molar-refractivity contribution in [2.45, 2.75) is 53.6 Å². The van der Waals surface area contributed by atoms with Gasteiger partial charge in [0.25, 0.3) is 5.91 Å². The molecule has 172 valence electrons. The molecule has 0 saturated heterocycles. The average Bonchev–Trinajstić information content (AvgIpc) is 3.29. The van der Waals surface area contributed by atoms with Crippen molar-refractivity contribution in [1.82, 2.24) is 9.13 Å². The van der Waals surface area contributed by atoms with Crippen LogP contribution in [-0.4, -0.2) is 20.6 Å². The number of carbonyl (C=O) groups excluding carboxylic acids is 1. The summed E-state index contributed by atoms with van der Waals surface area (Å²) in [6.07, 6.45) is 4.89. The summed E-state index contributed by atoms with van der Waals surface area (Å²) in [5.74, 6) is 0.754. The Kier molecular flexibility index (Phi) is 5.73. The van der Waals surface area contributed by atoms with Gasteiger partial charge in [0.1, 0.15) is 17.0 Å². The highest BCUT2D eigenvalue weighted by molar-refractivity contribution is 6.02. The van der Waals surface area contributed by atoms with Gasteiger partial charge in [-0.15, -0.1) is 0 Å². The first kappa shape index (κ1) is 22.9. The van der Waals surface area contributed by atoms with E-state index in [-0.39, 0.29) is 16.9 Å². The monoisotopic (exact) mass is 442 g/mol. The van der Waals surface area contributed by atoms with Crippen LogP contribution in [0.2, 0.25) is 0 Å². The second-order valence-electron chi connectivity index (χ2n) is 11.1. The number of hydrogen-bond donors (Lipinski definition) is 0. The van der Waals surface area contributed by atoms with Crippen LogP contribution in [0.5, 0.6) is 5.75 Å². The number of benzene rings is 2. The lowest BCUT2D eigenvalue weighted by Gasteiger charge is -2.21. The van der Waals surface area contributed by atoms with E-state index < -0.39 is 0 Å². The molecule has 0 radical (unpaired) electrons. The normalized spacial score (nSPS) is 12.3. The average molecular weight is 443 g/mol. The summed E-state index contributed by atoms with van der Waals surface area (Å²) in [5.41, 5.74) is 4.99. The third-order valence-corrected chi connectivity index (χ3v) is 5.55. The zero-order valence-electron chi connectivity index (χ0n) is 20.8. The fourth-order valence-corrected chi connectivity index (χ4v) is 4.20. The van der Waals surface area contributed by atoms with Crippen LogP contribution < -0.4 is 4.74 Å². The Morgan fingerprint density at radius 1 is 0.879 bits per heavy atom. The zero-order chi connectivity index (χ0) is 24.0. The summed E-state index contributed by atoms with van der Waals surface area (Å²) in [6, 6.07) is 18.5. The van der Waals surface area contributed by atoms with E-state index in [2.05, 4.69) is 45.0 Å². The fraction of sp³-hybridized carbons (Fsp3) is 0.345. The smallest absolute Gasteiger partial charge is 0.278 e. The molecule has 4 nitrogen and oxygen atoms in total. The molecule has 4 heteroatoms. The van der Waals surface area contributed by atoms with Gasteiger partial charge in [0.15, 0.2) is 0 Å². The lowest BCUT2D eigenvalue weighted by molar-refractivity contribution is 0.0956. The van der Waals surface area contributed by atoms with Crippen LogP contribution in [0.25, 0.3) is 22.0 Å². The van der Waals surface area contributed by atoms with E-state index in [1.807, 2.05) is 75.1 Å². The molecule has 0 fully saturated rings. The minimum atomic E-state index is -0.267. The van der Waals surface area contributed by atoms with Crippen LogP contribution in [0, 0.1) is 5.41 Å². The summed E-state index contributed by atoms with van der Waals surface area (Å²) in [6.45, 7) is 12.8. The van der Waals surface area contributed by atoms with E-state index in [1.165, 1.54) is 5.56 Å². The van der Waals surface area contributed by atoms with Crippen molar-refractivity contribution in [2.75, 3.05) is 0 Å². The van der Waals surface area contributed by atoms with Crippen molar-refractivity contribution >= 4 is 16.8 Å². The van der Waals surface area contributed by atoms with Crippen molar-refractivity contribution in [3.63, 3.8) is 0 Å². The quantitative estimate of drug-likeness (QED) is 0.338. The fourth-order valence-electron chi connectivity index (χ4n) is 4.20. The molecule has 0 atom stereocenters. The predicted octanol–water partition coefficient (Wildman–Crippen LogP) is 7.10. The van der Waals surface area contributed by atoms with Crippen molar-refractivity contribution in [3.05, 3.63) is 78.2 Å². The molecular formula is C29H34N2O2. The summed E-state index contributed by atoms with van der Waals surface area (Å²) >= 11 is 0. The summed E-state index contributed by atoms with van der Waals surface area (Å²) < 4.78 is 9.59. The van der Waals surface area contributed by atoms with Crippen molar-refractivity contribution in [3.8, 4) is 16.9 Å². The number of nitrogens with zero attached hydrogens (tertiary/aromatic N) is 2. The Hall–Kier alpha value is -3.27. The van der Waals surface area contributed by atoms with Gasteiger partial charge in [0, 0.05) is 30.4 Å². The van der Waals surface area contributed by atoms with Crippen molar-refractivity contribution in [2.24, 2.45) is 12.5 Å². The van der Waals surface area contributed by atoms with Gasteiger partial charge in [-0.25, -0.2) is 0 Å². The number of rotatable bonds is 4. The van der Waals surface area contributed by atoms with Crippen molar-refractivity contribution < 1.29 is 9.53 Å². The molecule has 0 aliphatic carbocycles. The topological polar surface area (TPSA) is 36.2 Å². The van der Waals surface area contributed by atoms with E-state index in [0.29, 0.717) is 5.69 Å². The summed E-state index contributed by atoms with van der Waals surface area (Å²) in [4.78, 5) is 13.4. The van der Waals surface area contributed by atoms with Gasteiger partial charge >= 0.3 is 0 Å². The van der Waals surface area contributed by atoms with Crippen LogP contribution >= 0.6 is 0 Å². The van der Waals surface area contributed by atoms with Crippen LogP contribution in [0.3, 0.4) is 0 Å². The molecule has 4 rings (SSSR count). The van der Waals surface area contributed by atoms with Gasteiger partial charge < -0.3 is 9.30 Å². The highest BCUT2D eigenvalue weighted by atomic mass is 16.5. The number of hydrogen-bond acceptors (Lipinski definition) is 2. The Labute approximate surface area is 196 Å². The summed E-state index contributed by atoms with van der Waals surface area (Å²) in [7, 11) is 1.92. The molecule has 0 amide bonds. The first-order valence-corrected chi connectivity index (χ1v) is 11.5. The SMILES string of the molecule is Cn1cc(-c2ccc(CC(C)(C)C)cc2)cc1C(=O)n1ccc2cc(OC(C)(C)C)ccc21. The molecule has 0 spiro atoms. The number of ether oxygens (including phenoxy) is 1. The highest BCUT2D eigenvalue weighted by Crippen LogP contribution is 2.28. The predicted molar refractivity (Wildman–Crippen MR) is 136 cm³/mol. The van der Waals surface area contributed by atoms with Gasteiger partial charge in [-0.1, -0.05) is 45.0 Å². The maximum Gasteiger partial charge on any atom is 0.278 e. The number of fused-ring (bicyclic) bond motifs is 1. The lowest BCUT2D eigenvalue weighted by Crippen LogP contribution is -2.22. The van der Waals surface area contributed by atoms with Crippen LogP contribution in [-0.2, 0) is 13.5 Å². The Morgan fingerprint density at radius 2 is 1.58 bits per heavy atom. The van der Waals surface area contributed by atoms with Gasteiger partial charge in [0.05, 0.1) is 5.52 Å². The Morgan fingerprint density at radius 3 is 2.21 bits per heavy atom. The van der Waals surface area contributed by atoms with E-state index in [9.17, 15) is 4.79 Å². The molecule has 2 aromatic heterocycles.